The molecule has 1 rings (SSSR count). The van der Waals surface area contributed by atoms with Gasteiger partial charge in [0.05, 0.1) is 0 Å². The lowest BCUT2D eigenvalue weighted by Gasteiger charge is -2.26. The summed E-state index contributed by atoms with van der Waals surface area (Å²) in [6.45, 7) is 6.33. The van der Waals surface area contributed by atoms with Crippen LogP contribution in [0.2, 0.25) is 0 Å². The Morgan fingerprint density at radius 2 is 1.82 bits per heavy atom. The maximum absolute atomic E-state index is 11.5. The smallest absolute Gasteiger partial charge is 0.162 e. The van der Waals surface area contributed by atoms with E-state index in [-0.39, 0.29) is 5.78 Å². The minimum atomic E-state index is 0.209. The van der Waals surface area contributed by atoms with Gasteiger partial charge < -0.3 is 4.90 Å². The van der Waals surface area contributed by atoms with E-state index in [1.165, 1.54) is 18.5 Å². The third-order valence-corrected chi connectivity index (χ3v) is 3.29. The number of Topliss-reactive ketones (excluding diaryl/α,β-unsaturated/α-hetero) is 1. The number of hydrogen-bond donors (Lipinski definition) is 0. The molecule has 0 radical (unpaired) electrons. The highest BCUT2D eigenvalue weighted by Crippen LogP contribution is 2.18. The molecule has 17 heavy (non-hydrogen) atoms. The summed E-state index contributed by atoms with van der Waals surface area (Å²) in [6, 6.07) is 8.46. The van der Waals surface area contributed by atoms with Crippen molar-refractivity contribution in [2.75, 3.05) is 11.9 Å². The van der Waals surface area contributed by atoms with Crippen LogP contribution in [-0.2, 0) is 0 Å². The Hall–Kier alpha value is -1.31. The van der Waals surface area contributed by atoms with Crippen molar-refractivity contribution in [3.8, 4) is 0 Å². The van der Waals surface area contributed by atoms with E-state index in [2.05, 4.69) is 25.8 Å². The molecule has 0 spiro atoms. The van der Waals surface area contributed by atoms with E-state index < -0.39 is 0 Å². The molecular weight excluding hydrogens is 210 g/mol. The average Bonchev–Trinajstić information content (AvgIpc) is 2.37. The Morgan fingerprint density at radius 3 is 2.29 bits per heavy atom. The van der Waals surface area contributed by atoms with Crippen LogP contribution < -0.4 is 4.90 Å². The van der Waals surface area contributed by atoms with Crippen LogP contribution in [0, 0.1) is 0 Å². The van der Waals surface area contributed by atoms with Gasteiger partial charge in [0.1, 0.15) is 0 Å². The van der Waals surface area contributed by atoms with E-state index in [1.807, 2.05) is 31.2 Å². The highest BCUT2D eigenvalue weighted by atomic mass is 16.1. The first kappa shape index (κ1) is 13.8. The standard InChI is InChI=1S/C15H23NO/c1-5-7-12(3)16(4)14-10-8-13(9-11-14)15(17)6-2/h8-12H,5-7H2,1-4H3. The summed E-state index contributed by atoms with van der Waals surface area (Å²) in [5.41, 5.74) is 1.99. The van der Waals surface area contributed by atoms with Gasteiger partial charge in [-0.15, -0.1) is 0 Å². The zero-order valence-corrected chi connectivity index (χ0v) is 11.4. The molecule has 1 aromatic rings. The van der Waals surface area contributed by atoms with Gasteiger partial charge in [-0.3, -0.25) is 4.79 Å². The molecule has 0 amide bonds. The molecule has 1 aromatic carbocycles. The fraction of sp³-hybridized carbons (Fsp3) is 0.533. The number of benzene rings is 1. The fourth-order valence-corrected chi connectivity index (χ4v) is 1.95. The maximum atomic E-state index is 11.5. The summed E-state index contributed by atoms with van der Waals surface area (Å²) in [6.07, 6.45) is 2.95. The third kappa shape index (κ3) is 3.58. The van der Waals surface area contributed by atoms with E-state index in [0.29, 0.717) is 12.5 Å². The lowest BCUT2D eigenvalue weighted by atomic mass is 10.1. The van der Waals surface area contributed by atoms with Crippen molar-refractivity contribution >= 4 is 11.5 Å². The van der Waals surface area contributed by atoms with Crippen molar-refractivity contribution in [2.24, 2.45) is 0 Å². The number of anilines is 1. The largest absolute Gasteiger partial charge is 0.372 e. The van der Waals surface area contributed by atoms with Gasteiger partial charge in [-0.05, 0) is 37.6 Å². The fourth-order valence-electron chi connectivity index (χ4n) is 1.95. The second-order valence-corrected chi connectivity index (χ2v) is 4.57. The molecule has 0 heterocycles. The number of rotatable bonds is 6. The predicted molar refractivity (Wildman–Crippen MR) is 73.8 cm³/mol. The van der Waals surface area contributed by atoms with Crippen LogP contribution in [0.5, 0.6) is 0 Å². The highest BCUT2D eigenvalue weighted by Gasteiger charge is 2.09. The minimum absolute atomic E-state index is 0.209. The molecule has 0 aromatic heterocycles. The zero-order chi connectivity index (χ0) is 12.8. The quantitative estimate of drug-likeness (QED) is 0.694. The molecule has 0 aliphatic heterocycles. The summed E-state index contributed by atoms with van der Waals surface area (Å²) in [7, 11) is 2.11. The molecule has 94 valence electrons. The van der Waals surface area contributed by atoms with Crippen molar-refractivity contribution in [2.45, 2.75) is 46.1 Å². The van der Waals surface area contributed by atoms with Crippen molar-refractivity contribution < 1.29 is 4.79 Å². The van der Waals surface area contributed by atoms with Gasteiger partial charge in [0.15, 0.2) is 5.78 Å². The zero-order valence-electron chi connectivity index (χ0n) is 11.4. The minimum Gasteiger partial charge on any atom is -0.372 e. The summed E-state index contributed by atoms with van der Waals surface area (Å²) in [4.78, 5) is 13.8. The van der Waals surface area contributed by atoms with Crippen LogP contribution in [0.25, 0.3) is 0 Å². The molecule has 0 saturated carbocycles. The third-order valence-electron chi connectivity index (χ3n) is 3.29. The number of nitrogens with zero attached hydrogens (tertiary/aromatic N) is 1. The Bertz CT molecular complexity index is 356. The molecule has 0 aliphatic rings. The van der Waals surface area contributed by atoms with Gasteiger partial charge in [-0.1, -0.05) is 20.3 Å². The molecule has 2 heteroatoms. The lowest BCUT2D eigenvalue weighted by Crippen LogP contribution is -2.28. The van der Waals surface area contributed by atoms with Crippen molar-refractivity contribution in [1.82, 2.24) is 0 Å². The van der Waals surface area contributed by atoms with E-state index in [9.17, 15) is 4.79 Å². The molecule has 0 fully saturated rings. The lowest BCUT2D eigenvalue weighted by molar-refractivity contribution is 0.0988. The second-order valence-electron chi connectivity index (χ2n) is 4.57. The highest BCUT2D eigenvalue weighted by molar-refractivity contribution is 5.96. The predicted octanol–water partition coefficient (Wildman–Crippen LogP) is 3.90. The van der Waals surface area contributed by atoms with Crippen LogP contribution >= 0.6 is 0 Å². The Labute approximate surface area is 105 Å². The normalized spacial score (nSPS) is 12.2. The Balaban J connectivity index is 2.76. The number of ketones is 1. The van der Waals surface area contributed by atoms with E-state index in [0.717, 1.165) is 5.56 Å². The summed E-state index contributed by atoms with van der Waals surface area (Å²) >= 11 is 0. The van der Waals surface area contributed by atoms with E-state index >= 15 is 0 Å². The molecular formula is C15H23NO. The van der Waals surface area contributed by atoms with Crippen LogP contribution in [0.4, 0.5) is 5.69 Å². The molecule has 1 unspecified atom stereocenters. The van der Waals surface area contributed by atoms with Crippen LogP contribution in [0.3, 0.4) is 0 Å². The molecule has 0 bridgehead atoms. The van der Waals surface area contributed by atoms with E-state index in [1.54, 1.807) is 0 Å². The molecule has 2 nitrogen and oxygen atoms in total. The summed E-state index contributed by atoms with van der Waals surface area (Å²) in [5.74, 6) is 0.209. The molecule has 0 aliphatic carbocycles. The second kappa shape index (κ2) is 6.43. The SMILES string of the molecule is CCCC(C)N(C)c1ccc(C(=O)CC)cc1. The van der Waals surface area contributed by atoms with Gasteiger partial charge in [0.2, 0.25) is 0 Å². The van der Waals surface area contributed by atoms with Gasteiger partial charge in [-0.25, -0.2) is 0 Å². The van der Waals surface area contributed by atoms with Gasteiger partial charge in [-0.2, -0.15) is 0 Å². The van der Waals surface area contributed by atoms with Crippen LogP contribution in [-0.4, -0.2) is 18.9 Å². The van der Waals surface area contributed by atoms with Gasteiger partial charge in [0.25, 0.3) is 0 Å². The van der Waals surface area contributed by atoms with Gasteiger partial charge in [0, 0.05) is 30.8 Å². The van der Waals surface area contributed by atoms with Crippen LogP contribution in [0.15, 0.2) is 24.3 Å². The molecule has 0 N–H and O–H groups in total. The maximum Gasteiger partial charge on any atom is 0.162 e. The first-order chi connectivity index (χ1) is 8.10. The van der Waals surface area contributed by atoms with Crippen molar-refractivity contribution in [3.05, 3.63) is 29.8 Å². The van der Waals surface area contributed by atoms with E-state index in [4.69, 9.17) is 0 Å². The Morgan fingerprint density at radius 1 is 1.24 bits per heavy atom. The van der Waals surface area contributed by atoms with Gasteiger partial charge >= 0.3 is 0 Å². The van der Waals surface area contributed by atoms with Crippen molar-refractivity contribution in [3.63, 3.8) is 0 Å². The monoisotopic (exact) mass is 233 g/mol. The first-order valence-electron chi connectivity index (χ1n) is 6.46. The number of hydrogen-bond acceptors (Lipinski definition) is 2. The number of carbonyl (C=O) groups is 1. The molecule has 0 saturated heterocycles. The number of carbonyl (C=O) groups excluding carboxylic acids is 1. The topological polar surface area (TPSA) is 20.3 Å². The Kier molecular flexibility index (Phi) is 5.20. The summed E-state index contributed by atoms with van der Waals surface area (Å²) < 4.78 is 0. The first-order valence-corrected chi connectivity index (χ1v) is 6.46. The summed E-state index contributed by atoms with van der Waals surface area (Å²) in [5, 5.41) is 0. The van der Waals surface area contributed by atoms with Crippen molar-refractivity contribution in [1.29, 1.82) is 0 Å². The molecule has 1 atom stereocenters. The van der Waals surface area contributed by atoms with Crippen LogP contribution in [0.1, 0.15) is 50.4 Å². The average molecular weight is 233 g/mol.